The first-order valence-corrected chi connectivity index (χ1v) is 8.17. The molecule has 1 aromatic rings. The Labute approximate surface area is 127 Å². The fourth-order valence-corrected chi connectivity index (χ4v) is 4.43. The fraction of sp³-hybridized carbons (Fsp3) is 0.556. The van der Waals surface area contributed by atoms with E-state index in [4.69, 9.17) is 9.31 Å². The van der Waals surface area contributed by atoms with E-state index in [1.165, 1.54) is 19.3 Å². The Morgan fingerprint density at radius 3 is 2.81 bits per heavy atom. The maximum absolute atomic E-state index is 6.35. The molecule has 3 aliphatic rings. The predicted octanol–water partition coefficient (Wildman–Crippen LogP) is 3.32. The molecule has 0 spiro atoms. The lowest BCUT2D eigenvalue weighted by atomic mass is 9.74. The van der Waals surface area contributed by atoms with Gasteiger partial charge in [-0.15, -0.1) is 0 Å². The van der Waals surface area contributed by atoms with Crippen molar-refractivity contribution in [3.8, 4) is 0 Å². The highest BCUT2D eigenvalue weighted by Crippen LogP contribution is 2.54. The highest BCUT2D eigenvalue weighted by Gasteiger charge is 2.56. The minimum Gasteiger partial charge on any atom is -0.402 e. The molecule has 0 bridgehead atoms. The number of hydrogen-bond acceptors (Lipinski definition) is 2. The molecule has 110 valence electrons. The number of allylic oxidation sites excluding steroid dienone is 2. The summed E-state index contributed by atoms with van der Waals surface area (Å²) in [6, 6.07) is 10.3. The van der Waals surface area contributed by atoms with Crippen molar-refractivity contribution in [1.82, 2.24) is 0 Å². The molecule has 3 heteroatoms. The van der Waals surface area contributed by atoms with E-state index < -0.39 is 0 Å². The summed E-state index contributed by atoms with van der Waals surface area (Å²) in [5, 5.41) is 0. The highest BCUT2D eigenvalue weighted by atomic mass is 16.7. The van der Waals surface area contributed by atoms with Crippen LogP contribution >= 0.6 is 0 Å². The monoisotopic (exact) mass is 282 g/mol. The molecule has 0 amide bonds. The molecule has 1 saturated heterocycles. The van der Waals surface area contributed by atoms with Gasteiger partial charge >= 0.3 is 7.12 Å². The Kier molecular flexibility index (Phi) is 3.23. The zero-order valence-electron chi connectivity index (χ0n) is 12.9. The molecule has 0 radical (unpaired) electrons. The smallest absolute Gasteiger partial charge is 0.402 e. The van der Waals surface area contributed by atoms with Crippen LogP contribution in [0.4, 0.5) is 0 Å². The first-order valence-electron chi connectivity index (χ1n) is 8.17. The first kappa shape index (κ1) is 13.6. The van der Waals surface area contributed by atoms with Crippen molar-refractivity contribution in [2.24, 2.45) is 11.3 Å². The maximum atomic E-state index is 6.35. The molecule has 1 aliphatic heterocycles. The lowest BCUT2D eigenvalue weighted by Gasteiger charge is -2.32. The standard InChI is InChI=1S/C18H23BO2/c1-13-8-9-15-17-16(12-18(15,2)11-10-13)20-19(21-17)14-6-4-3-5-7-14/h3-7,10,15-17H,8-9,11-12H2,1-2H3/t15?,16-,17+,18-/m0/s1. The number of rotatable bonds is 1. The molecule has 2 nitrogen and oxygen atoms in total. The van der Waals surface area contributed by atoms with E-state index in [9.17, 15) is 0 Å². The van der Waals surface area contributed by atoms with Gasteiger partial charge in [0.2, 0.25) is 0 Å². The van der Waals surface area contributed by atoms with Crippen molar-refractivity contribution in [2.45, 2.75) is 51.7 Å². The van der Waals surface area contributed by atoms with E-state index in [0.717, 1.165) is 11.9 Å². The molecule has 4 rings (SSSR count). The van der Waals surface area contributed by atoms with Crippen molar-refractivity contribution in [2.75, 3.05) is 0 Å². The van der Waals surface area contributed by atoms with Crippen molar-refractivity contribution in [1.29, 1.82) is 0 Å². The Hall–Kier alpha value is -1.06. The second-order valence-corrected chi connectivity index (χ2v) is 7.28. The molecule has 4 atom stereocenters. The van der Waals surface area contributed by atoms with Crippen LogP contribution in [0.15, 0.2) is 42.0 Å². The second-order valence-electron chi connectivity index (χ2n) is 7.28. The Morgan fingerprint density at radius 1 is 1.19 bits per heavy atom. The van der Waals surface area contributed by atoms with Gasteiger partial charge in [-0.05, 0) is 49.4 Å². The van der Waals surface area contributed by atoms with Gasteiger partial charge in [0.25, 0.3) is 0 Å². The molecule has 2 aliphatic carbocycles. The predicted molar refractivity (Wildman–Crippen MR) is 85.4 cm³/mol. The summed E-state index contributed by atoms with van der Waals surface area (Å²) in [7, 11) is -0.164. The van der Waals surface area contributed by atoms with Crippen molar-refractivity contribution in [3.63, 3.8) is 0 Å². The molecule has 1 saturated carbocycles. The van der Waals surface area contributed by atoms with Crippen LogP contribution in [-0.4, -0.2) is 19.3 Å². The normalized spacial score (nSPS) is 38.7. The molecule has 0 N–H and O–H groups in total. The summed E-state index contributed by atoms with van der Waals surface area (Å²) >= 11 is 0. The van der Waals surface area contributed by atoms with Crippen LogP contribution < -0.4 is 5.46 Å². The van der Waals surface area contributed by atoms with Gasteiger partial charge < -0.3 is 9.31 Å². The quantitative estimate of drug-likeness (QED) is 0.581. The third-order valence-electron chi connectivity index (χ3n) is 5.74. The van der Waals surface area contributed by atoms with E-state index in [2.05, 4.69) is 44.2 Å². The van der Waals surface area contributed by atoms with Crippen molar-refractivity contribution < 1.29 is 9.31 Å². The largest absolute Gasteiger partial charge is 0.494 e. The van der Waals surface area contributed by atoms with Crippen LogP contribution in [0.3, 0.4) is 0 Å². The van der Waals surface area contributed by atoms with Crippen LogP contribution in [0.5, 0.6) is 0 Å². The van der Waals surface area contributed by atoms with Crippen LogP contribution in [0.1, 0.15) is 39.5 Å². The summed E-state index contributed by atoms with van der Waals surface area (Å²) in [4.78, 5) is 0. The number of fused-ring (bicyclic) bond motifs is 3. The average Bonchev–Trinajstić information content (AvgIpc) is 2.95. The van der Waals surface area contributed by atoms with E-state index in [1.807, 2.05) is 6.07 Å². The Morgan fingerprint density at radius 2 is 2.00 bits per heavy atom. The summed E-state index contributed by atoms with van der Waals surface area (Å²) < 4.78 is 12.6. The minimum atomic E-state index is -0.164. The zero-order chi connectivity index (χ0) is 14.4. The van der Waals surface area contributed by atoms with Gasteiger partial charge in [0.15, 0.2) is 0 Å². The number of hydrogen-bond donors (Lipinski definition) is 0. The van der Waals surface area contributed by atoms with Crippen LogP contribution in [0, 0.1) is 11.3 Å². The van der Waals surface area contributed by atoms with Crippen molar-refractivity contribution in [3.05, 3.63) is 42.0 Å². The van der Waals surface area contributed by atoms with Gasteiger partial charge in [-0.3, -0.25) is 0 Å². The highest BCUT2D eigenvalue weighted by molar-refractivity contribution is 6.61. The van der Waals surface area contributed by atoms with Crippen LogP contribution in [0.2, 0.25) is 0 Å². The molecule has 1 heterocycles. The van der Waals surface area contributed by atoms with Crippen LogP contribution in [-0.2, 0) is 9.31 Å². The summed E-state index contributed by atoms with van der Waals surface area (Å²) in [6.07, 6.45) is 7.76. The molecule has 1 unspecified atom stereocenters. The van der Waals surface area contributed by atoms with Gasteiger partial charge in [-0.1, -0.05) is 48.9 Å². The maximum Gasteiger partial charge on any atom is 0.494 e. The summed E-state index contributed by atoms with van der Waals surface area (Å²) in [5.41, 5.74) is 3.05. The molecular formula is C18H23BO2. The van der Waals surface area contributed by atoms with Gasteiger partial charge in [0.05, 0.1) is 12.2 Å². The van der Waals surface area contributed by atoms with Gasteiger partial charge in [-0.2, -0.15) is 0 Å². The topological polar surface area (TPSA) is 18.5 Å². The minimum absolute atomic E-state index is 0.164. The molecular weight excluding hydrogens is 259 g/mol. The first-order chi connectivity index (χ1) is 10.2. The van der Waals surface area contributed by atoms with Gasteiger partial charge in [0, 0.05) is 0 Å². The van der Waals surface area contributed by atoms with Crippen molar-refractivity contribution >= 4 is 12.6 Å². The van der Waals surface area contributed by atoms with E-state index >= 15 is 0 Å². The molecule has 2 fully saturated rings. The summed E-state index contributed by atoms with van der Waals surface area (Å²) in [6.45, 7) is 4.69. The van der Waals surface area contributed by atoms with E-state index in [0.29, 0.717) is 11.3 Å². The Balaban J connectivity index is 1.55. The third-order valence-corrected chi connectivity index (χ3v) is 5.74. The Bertz CT molecular complexity index is 556. The lowest BCUT2D eigenvalue weighted by Crippen LogP contribution is -2.36. The SMILES string of the molecule is CC1=CC[C@@]2(C)C[C@@H]3OB(c4ccccc4)O[C@@H]3C2CC1. The van der Waals surface area contributed by atoms with E-state index in [-0.39, 0.29) is 19.3 Å². The zero-order valence-corrected chi connectivity index (χ0v) is 12.9. The number of benzene rings is 1. The second kappa shape index (κ2) is 5.00. The molecule has 0 aromatic heterocycles. The summed E-state index contributed by atoms with van der Waals surface area (Å²) in [5.74, 6) is 0.630. The average molecular weight is 282 g/mol. The van der Waals surface area contributed by atoms with Gasteiger partial charge in [0.1, 0.15) is 0 Å². The van der Waals surface area contributed by atoms with E-state index in [1.54, 1.807) is 5.57 Å². The fourth-order valence-electron chi connectivity index (χ4n) is 4.43. The molecule has 21 heavy (non-hydrogen) atoms. The van der Waals surface area contributed by atoms with Crippen LogP contribution in [0.25, 0.3) is 0 Å². The lowest BCUT2D eigenvalue weighted by molar-refractivity contribution is 0.110. The third kappa shape index (κ3) is 2.27. The van der Waals surface area contributed by atoms with Gasteiger partial charge in [-0.25, -0.2) is 0 Å². The molecule has 1 aromatic carbocycles.